The topological polar surface area (TPSA) is 61.5 Å². The molecule has 0 radical (unpaired) electrons. The van der Waals surface area contributed by atoms with Crippen molar-refractivity contribution in [1.29, 1.82) is 0 Å². The summed E-state index contributed by atoms with van der Waals surface area (Å²) in [5.41, 5.74) is 2.37. The van der Waals surface area contributed by atoms with Crippen LogP contribution in [-0.2, 0) is 11.2 Å². The van der Waals surface area contributed by atoms with Crippen molar-refractivity contribution in [3.8, 4) is 0 Å². The van der Waals surface area contributed by atoms with Crippen LogP contribution in [0.15, 0.2) is 36.7 Å². The molecule has 3 aromatic rings. The number of benzene rings is 1. The largest absolute Gasteiger partial charge is 0.381 e. The number of hydrogen-bond donors (Lipinski definition) is 1. The molecule has 0 bridgehead atoms. The standard InChI is InChI=1S/C23H30N4O2S/c1-3-29-16-17(12-18-14-24-20-7-5-4-6-19(18)20)13-21(28)22-15-25-23(30-22)27-10-8-26(2)9-11-27/h4-7,14-15,17,24H,3,8-13,16H2,1-2H3. The highest BCUT2D eigenvalue weighted by atomic mass is 32.1. The van der Waals surface area contributed by atoms with E-state index in [9.17, 15) is 4.79 Å². The summed E-state index contributed by atoms with van der Waals surface area (Å²) in [6.45, 7) is 7.23. The summed E-state index contributed by atoms with van der Waals surface area (Å²) in [4.78, 5) is 26.3. The number of H-pyrrole nitrogens is 1. The van der Waals surface area contributed by atoms with E-state index in [0.717, 1.165) is 48.1 Å². The van der Waals surface area contributed by atoms with Crippen LogP contribution in [-0.4, -0.2) is 67.1 Å². The van der Waals surface area contributed by atoms with Gasteiger partial charge in [-0.3, -0.25) is 4.79 Å². The molecule has 30 heavy (non-hydrogen) atoms. The molecule has 1 atom stereocenters. The van der Waals surface area contributed by atoms with E-state index < -0.39 is 0 Å². The van der Waals surface area contributed by atoms with Crippen molar-refractivity contribution >= 4 is 33.2 Å². The van der Waals surface area contributed by atoms with Crippen LogP contribution < -0.4 is 4.90 Å². The van der Waals surface area contributed by atoms with Gasteiger partial charge in [0.25, 0.3) is 0 Å². The second-order valence-electron chi connectivity index (χ2n) is 8.01. The molecule has 1 fully saturated rings. The lowest BCUT2D eigenvalue weighted by atomic mass is 9.94. The molecule has 2 aromatic heterocycles. The Hall–Kier alpha value is -2.22. The number of fused-ring (bicyclic) bond motifs is 1. The highest BCUT2D eigenvalue weighted by Crippen LogP contribution is 2.27. The van der Waals surface area contributed by atoms with Crippen LogP contribution in [0.5, 0.6) is 0 Å². The fourth-order valence-corrected chi connectivity index (χ4v) is 4.90. The van der Waals surface area contributed by atoms with Crippen LogP contribution in [0.2, 0.25) is 0 Å². The first kappa shape index (κ1) is 21.0. The first-order valence-electron chi connectivity index (χ1n) is 10.7. The maximum Gasteiger partial charge on any atom is 0.186 e. The molecule has 1 saturated heterocycles. The molecular formula is C23H30N4O2S. The third-order valence-electron chi connectivity index (χ3n) is 5.76. The second-order valence-corrected chi connectivity index (χ2v) is 9.02. The van der Waals surface area contributed by atoms with Crippen molar-refractivity contribution in [2.75, 3.05) is 51.3 Å². The molecule has 1 aliphatic rings. The number of aromatic nitrogens is 2. The number of piperazine rings is 1. The lowest BCUT2D eigenvalue weighted by Gasteiger charge is -2.32. The van der Waals surface area contributed by atoms with Crippen molar-refractivity contribution in [3.63, 3.8) is 0 Å². The van der Waals surface area contributed by atoms with Gasteiger partial charge < -0.3 is 19.5 Å². The molecule has 6 nitrogen and oxygen atoms in total. The van der Waals surface area contributed by atoms with E-state index in [1.54, 1.807) is 6.20 Å². The van der Waals surface area contributed by atoms with E-state index in [4.69, 9.17) is 4.74 Å². The van der Waals surface area contributed by atoms with Crippen molar-refractivity contribution in [3.05, 3.63) is 47.1 Å². The van der Waals surface area contributed by atoms with Gasteiger partial charge in [-0.2, -0.15) is 0 Å². The summed E-state index contributed by atoms with van der Waals surface area (Å²) in [5, 5.41) is 2.19. The molecule has 0 amide bonds. The summed E-state index contributed by atoms with van der Waals surface area (Å²) >= 11 is 1.52. The van der Waals surface area contributed by atoms with Gasteiger partial charge in [-0.1, -0.05) is 29.5 Å². The van der Waals surface area contributed by atoms with Gasteiger partial charge >= 0.3 is 0 Å². The zero-order valence-corrected chi connectivity index (χ0v) is 18.6. The van der Waals surface area contributed by atoms with Gasteiger partial charge in [0.2, 0.25) is 0 Å². The molecule has 0 saturated carbocycles. The lowest BCUT2D eigenvalue weighted by Crippen LogP contribution is -2.44. The third kappa shape index (κ3) is 4.91. The first-order valence-corrected chi connectivity index (χ1v) is 11.5. The van der Waals surface area contributed by atoms with Crippen LogP contribution in [0.1, 0.15) is 28.6 Å². The first-order chi connectivity index (χ1) is 14.6. The van der Waals surface area contributed by atoms with E-state index in [-0.39, 0.29) is 11.7 Å². The zero-order valence-electron chi connectivity index (χ0n) is 17.8. The summed E-state index contributed by atoms with van der Waals surface area (Å²) < 4.78 is 5.72. The Balaban J connectivity index is 1.43. The minimum atomic E-state index is 0.144. The number of aromatic amines is 1. The van der Waals surface area contributed by atoms with Crippen molar-refractivity contribution in [1.82, 2.24) is 14.9 Å². The van der Waals surface area contributed by atoms with Crippen LogP contribution in [0.4, 0.5) is 5.13 Å². The molecule has 4 rings (SSSR count). The van der Waals surface area contributed by atoms with Gasteiger partial charge in [-0.25, -0.2) is 4.98 Å². The average Bonchev–Trinajstić information content (AvgIpc) is 3.40. The van der Waals surface area contributed by atoms with Gasteiger partial charge in [0.15, 0.2) is 10.9 Å². The Morgan fingerprint density at radius 1 is 1.27 bits per heavy atom. The van der Waals surface area contributed by atoms with Crippen molar-refractivity contribution < 1.29 is 9.53 Å². The third-order valence-corrected chi connectivity index (χ3v) is 6.86. The van der Waals surface area contributed by atoms with Crippen LogP contribution in [0, 0.1) is 5.92 Å². The van der Waals surface area contributed by atoms with Gasteiger partial charge in [-0.15, -0.1) is 0 Å². The maximum absolute atomic E-state index is 13.0. The Morgan fingerprint density at radius 3 is 2.87 bits per heavy atom. The maximum atomic E-state index is 13.0. The Morgan fingerprint density at radius 2 is 2.07 bits per heavy atom. The number of likely N-dealkylation sites (N-methyl/N-ethyl adjacent to an activating group) is 1. The minimum Gasteiger partial charge on any atom is -0.381 e. The fraction of sp³-hybridized carbons (Fsp3) is 0.478. The van der Waals surface area contributed by atoms with Crippen LogP contribution >= 0.6 is 11.3 Å². The minimum absolute atomic E-state index is 0.144. The predicted octanol–water partition coefficient (Wildman–Crippen LogP) is 3.84. The highest BCUT2D eigenvalue weighted by molar-refractivity contribution is 7.17. The number of anilines is 1. The fourth-order valence-electron chi connectivity index (χ4n) is 3.99. The van der Waals surface area contributed by atoms with Crippen LogP contribution in [0.3, 0.4) is 0 Å². The Kier molecular flexibility index (Phi) is 6.82. The predicted molar refractivity (Wildman–Crippen MR) is 123 cm³/mol. The Bertz CT molecular complexity index is 974. The molecule has 0 aliphatic carbocycles. The molecule has 1 aromatic carbocycles. The van der Waals surface area contributed by atoms with E-state index in [1.807, 2.05) is 13.0 Å². The molecule has 1 aliphatic heterocycles. The molecular weight excluding hydrogens is 396 g/mol. The van der Waals surface area contributed by atoms with E-state index in [1.165, 1.54) is 22.3 Å². The van der Waals surface area contributed by atoms with Crippen molar-refractivity contribution in [2.45, 2.75) is 19.8 Å². The van der Waals surface area contributed by atoms with Gasteiger partial charge in [0.1, 0.15) is 0 Å². The monoisotopic (exact) mass is 426 g/mol. The summed E-state index contributed by atoms with van der Waals surface area (Å²) in [6.07, 6.45) is 5.11. The number of carbonyl (C=O) groups excluding carboxylic acids is 1. The second kappa shape index (κ2) is 9.73. The number of nitrogens with one attached hydrogen (secondary N) is 1. The summed E-state index contributed by atoms with van der Waals surface area (Å²) in [5.74, 6) is 0.309. The van der Waals surface area contributed by atoms with E-state index in [2.05, 4.69) is 51.2 Å². The number of Topliss-reactive ketones (excluding diaryl/α,β-unsaturated/α-hetero) is 1. The molecule has 1 unspecified atom stereocenters. The SMILES string of the molecule is CCOCC(CC(=O)c1cnc(N2CCN(C)CC2)s1)Cc1c[nH]c2ccccc12. The molecule has 3 heterocycles. The van der Waals surface area contributed by atoms with Gasteiger partial charge in [0, 0.05) is 56.3 Å². The number of hydrogen-bond acceptors (Lipinski definition) is 6. The number of para-hydroxylation sites is 1. The number of carbonyl (C=O) groups is 1. The average molecular weight is 427 g/mol. The summed E-state index contributed by atoms with van der Waals surface area (Å²) in [6, 6.07) is 8.30. The lowest BCUT2D eigenvalue weighted by molar-refractivity contribution is 0.0843. The molecule has 7 heteroatoms. The van der Waals surface area contributed by atoms with Crippen molar-refractivity contribution in [2.24, 2.45) is 5.92 Å². The molecule has 160 valence electrons. The number of rotatable bonds is 9. The van der Waals surface area contributed by atoms with Gasteiger partial charge in [0.05, 0.1) is 17.7 Å². The van der Waals surface area contributed by atoms with Gasteiger partial charge in [-0.05, 0) is 37.9 Å². The zero-order chi connectivity index (χ0) is 20.9. The number of thiazole rings is 1. The smallest absolute Gasteiger partial charge is 0.186 e. The molecule has 0 spiro atoms. The van der Waals surface area contributed by atoms with E-state index >= 15 is 0 Å². The Labute approximate surface area is 181 Å². The number of ketones is 1. The van der Waals surface area contributed by atoms with Crippen LogP contribution in [0.25, 0.3) is 10.9 Å². The normalized spacial score (nSPS) is 16.3. The molecule has 1 N–H and O–H groups in total. The summed E-state index contributed by atoms with van der Waals surface area (Å²) in [7, 11) is 2.14. The quantitative estimate of drug-likeness (QED) is 0.527. The highest BCUT2D eigenvalue weighted by Gasteiger charge is 2.22. The number of ether oxygens (including phenoxy) is 1. The van der Waals surface area contributed by atoms with E-state index in [0.29, 0.717) is 19.6 Å². The number of nitrogens with zero attached hydrogens (tertiary/aromatic N) is 3.